The molecule has 0 bridgehead atoms. The van der Waals surface area contributed by atoms with Crippen molar-refractivity contribution in [2.45, 2.75) is 43.4 Å². The molecule has 2 rings (SSSR count). The van der Waals surface area contributed by atoms with Crippen LogP contribution in [0.25, 0.3) is 0 Å². The summed E-state index contributed by atoms with van der Waals surface area (Å²) in [4.78, 5) is 0.208. The maximum absolute atomic E-state index is 11.6. The van der Waals surface area contributed by atoms with Gasteiger partial charge in [-0.1, -0.05) is 38.2 Å². The fourth-order valence-corrected chi connectivity index (χ4v) is 3.74. The van der Waals surface area contributed by atoms with E-state index in [4.69, 9.17) is 5.73 Å². The fraction of sp³-hybridized carbons (Fsp3) is 0.600. The summed E-state index contributed by atoms with van der Waals surface area (Å²) in [6, 6.07) is 5.12. The van der Waals surface area contributed by atoms with Gasteiger partial charge in [-0.3, -0.25) is 0 Å². The van der Waals surface area contributed by atoms with Crippen molar-refractivity contribution in [3.63, 3.8) is 0 Å². The molecule has 0 amide bonds. The van der Waals surface area contributed by atoms with Crippen LogP contribution < -0.4 is 11.1 Å². The van der Waals surface area contributed by atoms with E-state index in [0.29, 0.717) is 5.69 Å². The Morgan fingerprint density at radius 2 is 1.95 bits per heavy atom. The van der Waals surface area contributed by atoms with Gasteiger partial charge in [-0.2, -0.15) is 0 Å². The molecule has 1 aliphatic carbocycles. The topological polar surface area (TPSA) is 72.2 Å². The monoisotopic (exact) mass is 296 g/mol. The van der Waals surface area contributed by atoms with Crippen LogP contribution in [0.4, 0.5) is 11.4 Å². The van der Waals surface area contributed by atoms with E-state index < -0.39 is 9.84 Å². The number of anilines is 2. The van der Waals surface area contributed by atoms with E-state index in [9.17, 15) is 8.42 Å². The first-order chi connectivity index (χ1) is 9.48. The number of para-hydroxylation sites is 1. The summed E-state index contributed by atoms with van der Waals surface area (Å²) in [5.74, 6) is 0.801. The first kappa shape index (κ1) is 15.2. The standard InChI is InChI=1S/C15H24N2O2S/c1-20(18,19)14-9-5-8-13(15(14)16)17-11-10-12-6-3-2-4-7-12/h5,8-9,12,17H,2-4,6-7,10-11,16H2,1H3. The Morgan fingerprint density at radius 1 is 1.25 bits per heavy atom. The quantitative estimate of drug-likeness (QED) is 0.819. The summed E-state index contributed by atoms with van der Waals surface area (Å²) in [6.45, 7) is 0.849. The van der Waals surface area contributed by atoms with Gasteiger partial charge in [0, 0.05) is 12.8 Å². The molecular formula is C15H24N2O2S. The van der Waals surface area contributed by atoms with E-state index in [1.807, 2.05) is 6.07 Å². The highest BCUT2D eigenvalue weighted by Gasteiger charge is 2.15. The van der Waals surface area contributed by atoms with Crippen LogP contribution in [0, 0.1) is 5.92 Å². The maximum atomic E-state index is 11.6. The minimum atomic E-state index is -3.27. The Kier molecular flexibility index (Phi) is 4.91. The Labute approximate surface area is 121 Å². The van der Waals surface area contributed by atoms with Crippen LogP contribution in [0.1, 0.15) is 38.5 Å². The van der Waals surface area contributed by atoms with Crippen LogP contribution in [0.2, 0.25) is 0 Å². The Morgan fingerprint density at radius 3 is 2.60 bits per heavy atom. The molecule has 4 nitrogen and oxygen atoms in total. The van der Waals surface area contributed by atoms with Gasteiger partial charge in [-0.05, 0) is 24.5 Å². The molecule has 0 heterocycles. The molecule has 1 fully saturated rings. The number of rotatable bonds is 5. The number of nitrogens with two attached hydrogens (primary N) is 1. The zero-order valence-corrected chi connectivity index (χ0v) is 12.9. The predicted molar refractivity (Wildman–Crippen MR) is 83.6 cm³/mol. The van der Waals surface area contributed by atoms with E-state index >= 15 is 0 Å². The highest BCUT2D eigenvalue weighted by atomic mass is 32.2. The van der Waals surface area contributed by atoms with Crippen LogP contribution in [0.5, 0.6) is 0 Å². The van der Waals surface area contributed by atoms with Crippen LogP contribution in [-0.4, -0.2) is 21.2 Å². The van der Waals surface area contributed by atoms with Gasteiger partial charge in [0.05, 0.1) is 16.3 Å². The molecule has 0 spiro atoms. The van der Waals surface area contributed by atoms with Crippen molar-refractivity contribution in [2.75, 3.05) is 23.9 Å². The second-order valence-electron chi connectivity index (χ2n) is 5.71. The van der Waals surface area contributed by atoms with Gasteiger partial charge < -0.3 is 11.1 Å². The fourth-order valence-electron chi connectivity index (χ4n) is 2.91. The van der Waals surface area contributed by atoms with Crippen molar-refractivity contribution >= 4 is 21.2 Å². The van der Waals surface area contributed by atoms with Gasteiger partial charge in [0.15, 0.2) is 9.84 Å². The lowest BCUT2D eigenvalue weighted by molar-refractivity contribution is 0.345. The normalized spacial score (nSPS) is 17.1. The first-order valence-electron chi connectivity index (χ1n) is 7.31. The predicted octanol–water partition coefficient (Wildman–Crippen LogP) is 3.05. The summed E-state index contributed by atoms with van der Waals surface area (Å²) in [6.07, 6.45) is 9.01. The van der Waals surface area contributed by atoms with Crippen molar-refractivity contribution < 1.29 is 8.42 Å². The molecule has 112 valence electrons. The lowest BCUT2D eigenvalue weighted by atomic mass is 9.87. The van der Waals surface area contributed by atoms with Crippen LogP contribution in [0.15, 0.2) is 23.1 Å². The molecule has 1 aromatic rings. The molecule has 0 aliphatic heterocycles. The van der Waals surface area contributed by atoms with E-state index in [0.717, 1.165) is 24.6 Å². The molecule has 1 aliphatic rings. The highest BCUT2D eigenvalue weighted by Crippen LogP contribution is 2.28. The lowest BCUT2D eigenvalue weighted by Gasteiger charge is -2.22. The van der Waals surface area contributed by atoms with Crippen molar-refractivity contribution in [1.82, 2.24) is 0 Å². The summed E-state index contributed by atoms with van der Waals surface area (Å²) in [5.41, 5.74) is 7.00. The van der Waals surface area contributed by atoms with E-state index in [1.165, 1.54) is 38.4 Å². The summed E-state index contributed by atoms with van der Waals surface area (Å²) in [7, 11) is -3.27. The third-order valence-electron chi connectivity index (χ3n) is 4.06. The second kappa shape index (κ2) is 6.48. The number of sulfone groups is 1. The minimum absolute atomic E-state index is 0.208. The van der Waals surface area contributed by atoms with E-state index in [1.54, 1.807) is 12.1 Å². The number of hydrogen-bond acceptors (Lipinski definition) is 4. The number of nitrogens with one attached hydrogen (secondary N) is 1. The molecule has 20 heavy (non-hydrogen) atoms. The SMILES string of the molecule is CS(=O)(=O)c1cccc(NCCC2CCCCC2)c1N. The molecule has 0 aromatic heterocycles. The second-order valence-corrected chi connectivity index (χ2v) is 7.69. The summed E-state index contributed by atoms with van der Waals surface area (Å²) < 4.78 is 23.2. The van der Waals surface area contributed by atoms with E-state index in [2.05, 4.69) is 5.32 Å². The van der Waals surface area contributed by atoms with Gasteiger partial charge in [0.25, 0.3) is 0 Å². The first-order valence-corrected chi connectivity index (χ1v) is 9.20. The van der Waals surface area contributed by atoms with Crippen LogP contribution in [0.3, 0.4) is 0 Å². The average Bonchev–Trinajstić information content (AvgIpc) is 2.40. The van der Waals surface area contributed by atoms with Crippen molar-refractivity contribution in [2.24, 2.45) is 5.92 Å². The average molecular weight is 296 g/mol. The molecule has 0 saturated heterocycles. The molecule has 0 radical (unpaired) electrons. The Bertz CT molecular complexity index is 549. The molecular weight excluding hydrogens is 272 g/mol. The largest absolute Gasteiger partial charge is 0.396 e. The van der Waals surface area contributed by atoms with Gasteiger partial charge in [-0.15, -0.1) is 0 Å². The van der Waals surface area contributed by atoms with Crippen LogP contribution in [-0.2, 0) is 9.84 Å². The van der Waals surface area contributed by atoms with Crippen LogP contribution >= 0.6 is 0 Å². The third-order valence-corrected chi connectivity index (χ3v) is 5.21. The smallest absolute Gasteiger partial charge is 0.177 e. The number of nitrogen functional groups attached to an aromatic ring is 1. The third kappa shape index (κ3) is 3.88. The molecule has 0 atom stereocenters. The lowest BCUT2D eigenvalue weighted by Crippen LogP contribution is -2.13. The van der Waals surface area contributed by atoms with Crippen molar-refractivity contribution in [1.29, 1.82) is 0 Å². The zero-order valence-electron chi connectivity index (χ0n) is 12.1. The minimum Gasteiger partial charge on any atom is -0.396 e. The van der Waals surface area contributed by atoms with Gasteiger partial charge in [0.1, 0.15) is 0 Å². The number of hydrogen-bond donors (Lipinski definition) is 2. The van der Waals surface area contributed by atoms with Gasteiger partial charge >= 0.3 is 0 Å². The molecule has 5 heteroatoms. The molecule has 3 N–H and O–H groups in total. The zero-order chi connectivity index (χ0) is 14.6. The molecule has 1 aromatic carbocycles. The van der Waals surface area contributed by atoms with E-state index in [-0.39, 0.29) is 4.90 Å². The van der Waals surface area contributed by atoms with Gasteiger partial charge in [0.2, 0.25) is 0 Å². The highest BCUT2D eigenvalue weighted by molar-refractivity contribution is 7.90. The van der Waals surface area contributed by atoms with Gasteiger partial charge in [-0.25, -0.2) is 8.42 Å². The summed E-state index contributed by atoms with van der Waals surface area (Å²) >= 11 is 0. The number of benzene rings is 1. The molecule has 1 saturated carbocycles. The molecule has 0 unspecified atom stereocenters. The Balaban J connectivity index is 1.96. The maximum Gasteiger partial charge on any atom is 0.177 e. The van der Waals surface area contributed by atoms with Crippen molar-refractivity contribution in [3.05, 3.63) is 18.2 Å². The Hall–Kier alpha value is -1.23. The summed E-state index contributed by atoms with van der Waals surface area (Å²) in [5, 5.41) is 3.28. The van der Waals surface area contributed by atoms with Crippen molar-refractivity contribution in [3.8, 4) is 0 Å².